The molecule has 0 bridgehead atoms. The molecule has 0 unspecified atom stereocenters. The molecule has 0 N–H and O–H groups in total. The monoisotopic (exact) mass is 244 g/mol. The molecule has 0 rings (SSSR count). The molecule has 0 radical (unpaired) electrons. The van der Waals surface area contributed by atoms with Crippen LogP contribution in [0.3, 0.4) is 0 Å². The molecule has 7 heavy (non-hydrogen) atoms. The Kier molecular flexibility index (Phi) is 35.5. The Balaban J connectivity index is -0.0000000800. The number of rotatable bonds is 2. The zero-order chi connectivity index (χ0) is 4.12. The van der Waals surface area contributed by atoms with Crippen molar-refractivity contribution in [2.75, 3.05) is 11.0 Å². The van der Waals surface area contributed by atoms with E-state index in [-0.39, 0.29) is 42.1 Å². The average Bonchev–Trinajstić information content (AvgIpc) is 1.41. The van der Waals surface area contributed by atoms with Crippen molar-refractivity contribution in [1.82, 2.24) is 0 Å². The molecule has 0 heterocycles. The molecule has 4 heteroatoms. The number of hydrogen-bond donors (Lipinski definition) is 0. The summed E-state index contributed by atoms with van der Waals surface area (Å²) >= 11 is 2.19. The molecule has 0 spiro atoms. The van der Waals surface area contributed by atoms with Crippen LogP contribution in [0.2, 0.25) is 0 Å². The molecule has 40 valence electrons. The van der Waals surface area contributed by atoms with E-state index in [1.165, 1.54) is 0 Å². The van der Waals surface area contributed by atoms with Gasteiger partial charge in [0.05, 0.1) is 0 Å². The zero-order valence-corrected chi connectivity index (χ0v) is 8.32. The molecule has 0 aromatic heterocycles. The summed E-state index contributed by atoms with van der Waals surface area (Å²) in [6, 6.07) is 0. The topological polar surface area (TPSA) is 23.1 Å². The third kappa shape index (κ3) is 18.2. The second-order valence-electron chi connectivity index (χ2n) is 0.747. The van der Waals surface area contributed by atoms with Gasteiger partial charge in [0.15, 0.2) is 0 Å². The van der Waals surface area contributed by atoms with Gasteiger partial charge in [-0.2, -0.15) is 0 Å². The van der Waals surface area contributed by atoms with Crippen molar-refractivity contribution in [3.05, 3.63) is 0 Å². The van der Waals surface area contributed by atoms with E-state index < -0.39 is 0 Å². The fourth-order valence-electron chi connectivity index (χ4n) is 0.0546. The van der Waals surface area contributed by atoms with Crippen molar-refractivity contribution in [2.45, 2.75) is 6.42 Å². The predicted molar refractivity (Wildman–Crippen MR) is 34.1 cm³/mol. The van der Waals surface area contributed by atoms with Crippen LogP contribution in [0.4, 0.5) is 0 Å². The number of hydrogen-bond acceptors (Lipinski definition) is 1. The van der Waals surface area contributed by atoms with Gasteiger partial charge in [0, 0.05) is 0 Å². The van der Waals surface area contributed by atoms with Gasteiger partial charge >= 0.3 is 23.1 Å². The van der Waals surface area contributed by atoms with Gasteiger partial charge in [0.25, 0.3) is 0 Å². The molecular weight excluding hydrogens is 239 g/mol. The minimum Gasteiger partial charge on any atom is -1.00 e. The molecule has 0 aromatic rings. The first-order valence-corrected chi connectivity index (χ1v) is 3.08. The number of halogens is 2. The summed E-state index contributed by atoms with van der Waals surface area (Å²) < 4.78 is 1.00. The normalized spacial score (nSPS) is 6.00. The molecule has 0 saturated heterocycles. The van der Waals surface area contributed by atoms with Crippen molar-refractivity contribution in [1.29, 1.82) is 0 Å². The van der Waals surface area contributed by atoms with E-state index in [2.05, 4.69) is 22.6 Å². The Morgan fingerprint density at radius 1 is 1.43 bits per heavy atom. The summed E-state index contributed by atoms with van der Waals surface area (Å²) in [5.41, 5.74) is 0. The van der Waals surface area contributed by atoms with E-state index in [0.717, 1.165) is 10.8 Å². The van der Waals surface area contributed by atoms with Gasteiger partial charge in [0.1, 0.15) is 0 Å². The first-order chi connectivity index (χ1) is 2.41. The Morgan fingerprint density at radius 3 is 1.86 bits per heavy atom. The first kappa shape index (κ1) is 15.9. The zero-order valence-electron chi connectivity index (χ0n) is 3.99. The number of alkyl halides is 1. The molecule has 0 atom stereocenters. The van der Waals surface area contributed by atoms with E-state index in [9.17, 15) is 5.11 Å². The summed E-state index contributed by atoms with van der Waals surface area (Å²) in [6.45, 7) is 0.0862. The van der Waals surface area contributed by atoms with E-state index in [1.807, 2.05) is 0 Å². The molecule has 0 amide bonds. The third-order valence-electron chi connectivity index (χ3n) is 0.278. The summed E-state index contributed by atoms with van der Waals surface area (Å²) in [5.74, 6) is 0. The quantitative estimate of drug-likeness (QED) is 0.285. The maximum atomic E-state index is 9.53. The van der Waals surface area contributed by atoms with Gasteiger partial charge < -0.3 is 17.5 Å². The molecule has 0 fully saturated rings. The van der Waals surface area contributed by atoms with Gasteiger partial charge in [0.2, 0.25) is 0 Å². The second kappa shape index (κ2) is 15.7. The van der Waals surface area contributed by atoms with Crippen molar-refractivity contribution < 1.29 is 17.5 Å². The third-order valence-corrected chi connectivity index (χ3v) is 1.04. The fraction of sp³-hybridized carbons (Fsp3) is 1.00. The summed E-state index contributed by atoms with van der Waals surface area (Å²) in [4.78, 5) is 0. The van der Waals surface area contributed by atoms with Crippen LogP contribution in [0.5, 0.6) is 0 Å². The van der Waals surface area contributed by atoms with Crippen molar-refractivity contribution in [3.8, 4) is 0 Å². The molecule has 0 saturated carbocycles. The average molecular weight is 245 g/mol. The Bertz CT molecular complexity index is 22.4. The first-order valence-electron chi connectivity index (χ1n) is 1.56. The standard InChI is InChI=1S/C3H6IO.ClH.Mg/c4-2-1-3-5;;/h1-3H2;1H;/q-1;;+2/p-1. The summed E-state index contributed by atoms with van der Waals surface area (Å²) in [5, 5.41) is 9.53. The van der Waals surface area contributed by atoms with Crippen molar-refractivity contribution in [3.63, 3.8) is 0 Å². The van der Waals surface area contributed by atoms with Crippen LogP contribution in [-0.4, -0.2) is 34.1 Å². The molecule has 0 aliphatic heterocycles. The fourth-order valence-corrected chi connectivity index (χ4v) is 0.366. The SMILES string of the molecule is [Cl-].[Mg+2].[O-]CCCI. The largest absolute Gasteiger partial charge is 2.00 e. The van der Waals surface area contributed by atoms with Gasteiger partial charge in [-0.1, -0.05) is 29.0 Å². The van der Waals surface area contributed by atoms with Crippen molar-refractivity contribution in [2.24, 2.45) is 0 Å². The minimum absolute atomic E-state index is 0. The van der Waals surface area contributed by atoms with Crippen LogP contribution >= 0.6 is 22.6 Å². The molecule has 0 aliphatic carbocycles. The van der Waals surface area contributed by atoms with Crippen LogP contribution < -0.4 is 17.5 Å². The van der Waals surface area contributed by atoms with Crippen LogP contribution in [0, 0.1) is 0 Å². The van der Waals surface area contributed by atoms with E-state index in [4.69, 9.17) is 0 Å². The van der Waals surface area contributed by atoms with E-state index >= 15 is 0 Å². The minimum atomic E-state index is 0. The Hall–Kier alpha value is 1.75. The van der Waals surface area contributed by atoms with Gasteiger partial charge in [-0.25, -0.2) is 0 Å². The second-order valence-corrected chi connectivity index (χ2v) is 1.83. The summed E-state index contributed by atoms with van der Waals surface area (Å²) in [6.07, 6.45) is 0.820. The van der Waals surface area contributed by atoms with Gasteiger partial charge in [-0.15, -0.1) is 6.61 Å². The molecule has 0 aromatic carbocycles. The molecule has 1 nitrogen and oxygen atoms in total. The molecular formula is C3H6ClIMgO. The smallest absolute Gasteiger partial charge is 1.00 e. The summed E-state index contributed by atoms with van der Waals surface area (Å²) in [7, 11) is 0. The van der Waals surface area contributed by atoms with Crippen molar-refractivity contribution >= 4 is 45.6 Å². The maximum absolute atomic E-state index is 9.53. The van der Waals surface area contributed by atoms with Crippen LogP contribution in [0.25, 0.3) is 0 Å². The van der Waals surface area contributed by atoms with Gasteiger partial charge in [-0.05, 0) is 4.43 Å². The Morgan fingerprint density at radius 2 is 1.86 bits per heavy atom. The van der Waals surface area contributed by atoms with Crippen LogP contribution in [-0.2, 0) is 0 Å². The maximum Gasteiger partial charge on any atom is 2.00 e. The van der Waals surface area contributed by atoms with Crippen LogP contribution in [0.1, 0.15) is 6.42 Å². The Labute approximate surface area is 79.9 Å². The van der Waals surface area contributed by atoms with E-state index in [0.29, 0.717) is 0 Å². The predicted octanol–water partition coefficient (Wildman–Crippen LogP) is -3.20. The molecule has 0 aliphatic rings. The van der Waals surface area contributed by atoms with Crippen LogP contribution in [0.15, 0.2) is 0 Å². The van der Waals surface area contributed by atoms with Gasteiger partial charge in [-0.3, -0.25) is 0 Å². The van der Waals surface area contributed by atoms with E-state index in [1.54, 1.807) is 0 Å².